The van der Waals surface area contributed by atoms with Crippen molar-refractivity contribution in [1.29, 1.82) is 0 Å². The normalized spacial score (nSPS) is 10.4. The molecule has 0 aliphatic heterocycles. The lowest BCUT2D eigenvalue weighted by Crippen LogP contribution is -2.01. The maximum Gasteiger partial charge on any atom is 0.342 e. The van der Waals surface area contributed by atoms with E-state index in [4.69, 9.17) is 0 Å². The predicted molar refractivity (Wildman–Crippen MR) is 68.1 cm³/mol. The van der Waals surface area contributed by atoms with E-state index >= 15 is 0 Å². The minimum atomic E-state index is -0.587. The van der Waals surface area contributed by atoms with Gasteiger partial charge in [-0.05, 0) is 4.92 Å². The number of nitrogens with zero attached hydrogens (tertiary/aromatic N) is 6. The molecule has 0 atom stereocenters. The molecular weight excluding hydrogens is 288 g/mol. The summed E-state index contributed by atoms with van der Waals surface area (Å²) >= 11 is 1.18. The minimum absolute atomic E-state index is 0.106. The van der Waals surface area contributed by atoms with E-state index in [1.165, 1.54) is 29.6 Å². The van der Waals surface area contributed by atoms with Crippen molar-refractivity contribution < 1.29 is 9.85 Å². The van der Waals surface area contributed by atoms with Crippen LogP contribution in [0.15, 0.2) is 23.7 Å². The third kappa shape index (κ3) is 2.88. The molecule has 104 valence electrons. The molecule has 0 aromatic carbocycles. The van der Waals surface area contributed by atoms with Gasteiger partial charge in [-0.1, -0.05) is 11.8 Å². The molecule has 0 saturated heterocycles. The van der Waals surface area contributed by atoms with Gasteiger partial charge in [0.05, 0.1) is 17.7 Å². The van der Waals surface area contributed by atoms with Gasteiger partial charge < -0.3 is 10.1 Å². The summed E-state index contributed by atoms with van der Waals surface area (Å²) in [4.78, 5) is 31.6. The minimum Gasteiger partial charge on any atom is -0.358 e. The van der Waals surface area contributed by atoms with Crippen molar-refractivity contribution in [1.82, 2.24) is 19.5 Å². The summed E-state index contributed by atoms with van der Waals surface area (Å²) in [6.45, 7) is 0. The fourth-order valence-corrected chi connectivity index (χ4v) is 2.13. The van der Waals surface area contributed by atoms with Crippen molar-refractivity contribution in [2.24, 2.45) is 7.05 Å². The fraction of sp³-hybridized carbons (Fsp3) is 0.222. The van der Waals surface area contributed by atoms with E-state index in [9.17, 15) is 20.2 Å². The lowest BCUT2D eigenvalue weighted by molar-refractivity contribution is -0.391. The summed E-state index contributed by atoms with van der Waals surface area (Å²) in [5, 5.41) is 21.4. The molecule has 0 aliphatic carbocycles. The smallest absolute Gasteiger partial charge is 0.342 e. The molecule has 0 fully saturated rings. The Morgan fingerprint density at radius 2 is 1.80 bits per heavy atom. The first-order valence-electron chi connectivity index (χ1n) is 5.23. The fourth-order valence-electron chi connectivity index (χ4n) is 1.35. The van der Waals surface area contributed by atoms with Gasteiger partial charge in [-0.25, -0.2) is 19.5 Å². The molecule has 0 N–H and O–H groups in total. The van der Waals surface area contributed by atoms with Gasteiger partial charge in [-0.2, -0.15) is 0 Å². The van der Waals surface area contributed by atoms with Crippen LogP contribution in [0.3, 0.4) is 0 Å². The van der Waals surface area contributed by atoms with E-state index < -0.39 is 9.85 Å². The lowest BCUT2D eigenvalue weighted by Gasteiger charge is -1.98. The molecule has 2 aromatic heterocycles. The molecule has 20 heavy (non-hydrogen) atoms. The van der Waals surface area contributed by atoms with Crippen LogP contribution in [0.1, 0.15) is 5.82 Å². The molecule has 0 bridgehead atoms. The Morgan fingerprint density at radius 3 is 2.30 bits per heavy atom. The number of nitro groups is 2. The highest BCUT2D eigenvalue weighted by molar-refractivity contribution is 7.98. The molecule has 11 heteroatoms. The highest BCUT2D eigenvalue weighted by Gasteiger charge is 2.17. The molecule has 0 aliphatic rings. The lowest BCUT2D eigenvalue weighted by atomic mass is 10.6. The second-order valence-electron chi connectivity index (χ2n) is 3.62. The Kier molecular flexibility index (Phi) is 3.89. The SMILES string of the molecule is Cn1c([N+](=O)[O-])cnc1CSc1ncc([N+](=O)[O-])cn1. The number of imidazole rings is 1. The van der Waals surface area contributed by atoms with Crippen molar-refractivity contribution in [3.05, 3.63) is 44.6 Å². The van der Waals surface area contributed by atoms with Crippen LogP contribution in [0.2, 0.25) is 0 Å². The second-order valence-corrected chi connectivity index (χ2v) is 4.56. The second kappa shape index (κ2) is 5.61. The number of hydrogen-bond donors (Lipinski definition) is 0. The summed E-state index contributed by atoms with van der Waals surface area (Å²) in [5.41, 5.74) is -0.193. The van der Waals surface area contributed by atoms with E-state index in [1.54, 1.807) is 0 Å². The summed E-state index contributed by atoms with van der Waals surface area (Å²) < 4.78 is 1.36. The molecule has 0 unspecified atom stereocenters. The first-order valence-corrected chi connectivity index (χ1v) is 6.22. The summed E-state index contributed by atoms with van der Waals surface area (Å²) in [7, 11) is 1.54. The van der Waals surface area contributed by atoms with Crippen molar-refractivity contribution >= 4 is 23.3 Å². The maximum atomic E-state index is 10.7. The van der Waals surface area contributed by atoms with E-state index in [0.717, 1.165) is 12.4 Å². The van der Waals surface area contributed by atoms with E-state index in [0.29, 0.717) is 16.7 Å². The van der Waals surface area contributed by atoms with Crippen molar-refractivity contribution in [2.45, 2.75) is 10.9 Å². The molecule has 0 radical (unpaired) electrons. The van der Waals surface area contributed by atoms with Crippen LogP contribution >= 0.6 is 11.8 Å². The van der Waals surface area contributed by atoms with Crippen LogP contribution in [0.5, 0.6) is 0 Å². The highest BCUT2D eigenvalue weighted by atomic mass is 32.2. The van der Waals surface area contributed by atoms with Gasteiger partial charge in [0.1, 0.15) is 18.6 Å². The van der Waals surface area contributed by atoms with Gasteiger partial charge in [0.25, 0.3) is 0 Å². The number of aromatic nitrogens is 4. The van der Waals surface area contributed by atoms with Crippen molar-refractivity contribution in [2.75, 3.05) is 0 Å². The van der Waals surface area contributed by atoms with Crippen LogP contribution in [-0.4, -0.2) is 29.4 Å². The van der Waals surface area contributed by atoms with Crippen LogP contribution in [0.25, 0.3) is 0 Å². The van der Waals surface area contributed by atoms with Crippen molar-refractivity contribution in [3.8, 4) is 0 Å². The first kappa shape index (κ1) is 13.9. The largest absolute Gasteiger partial charge is 0.358 e. The Balaban J connectivity index is 2.05. The van der Waals surface area contributed by atoms with Crippen LogP contribution in [0.4, 0.5) is 11.5 Å². The monoisotopic (exact) mass is 296 g/mol. The zero-order valence-electron chi connectivity index (χ0n) is 10.2. The molecular formula is C9H8N6O4S. The summed E-state index contributed by atoms with van der Waals surface area (Å²) in [5.74, 6) is 0.705. The molecule has 2 heterocycles. The topological polar surface area (TPSA) is 130 Å². The van der Waals surface area contributed by atoms with E-state index in [1.807, 2.05) is 0 Å². The Hall–Kier alpha value is -2.56. The first-order chi connectivity index (χ1) is 9.49. The maximum absolute atomic E-state index is 10.7. The van der Waals surface area contributed by atoms with Crippen LogP contribution in [0, 0.1) is 20.2 Å². The zero-order valence-corrected chi connectivity index (χ0v) is 11.0. The van der Waals surface area contributed by atoms with Gasteiger partial charge in [-0.3, -0.25) is 10.1 Å². The molecule has 10 nitrogen and oxygen atoms in total. The zero-order chi connectivity index (χ0) is 14.7. The molecule has 0 saturated carbocycles. The third-order valence-electron chi connectivity index (χ3n) is 2.40. The van der Waals surface area contributed by atoms with Crippen molar-refractivity contribution in [3.63, 3.8) is 0 Å². The van der Waals surface area contributed by atoms with Gasteiger partial charge in [0.2, 0.25) is 5.82 Å². The van der Waals surface area contributed by atoms with Crippen LogP contribution in [-0.2, 0) is 12.8 Å². The van der Waals surface area contributed by atoms with Gasteiger partial charge >= 0.3 is 11.5 Å². The summed E-state index contributed by atoms with van der Waals surface area (Å²) in [6.07, 6.45) is 3.39. The number of rotatable bonds is 5. The van der Waals surface area contributed by atoms with Crippen LogP contribution < -0.4 is 0 Å². The van der Waals surface area contributed by atoms with Gasteiger partial charge in [0, 0.05) is 0 Å². The molecule has 0 spiro atoms. The number of hydrogen-bond acceptors (Lipinski definition) is 8. The Bertz CT molecular complexity index is 655. The van der Waals surface area contributed by atoms with E-state index in [-0.39, 0.29) is 11.5 Å². The number of thioether (sulfide) groups is 1. The molecule has 2 aromatic rings. The van der Waals surface area contributed by atoms with Gasteiger partial charge in [-0.15, -0.1) is 0 Å². The average molecular weight is 296 g/mol. The molecule has 2 rings (SSSR count). The highest BCUT2D eigenvalue weighted by Crippen LogP contribution is 2.21. The Labute approximate surface area is 116 Å². The van der Waals surface area contributed by atoms with Gasteiger partial charge in [0.15, 0.2) is 5.16 Å². The Morgan fingerprint density at radius 1 is 1.15 bits per heavy atom. The quantitative estimate of drug-likeness (QED) is 0.349. The standard InChI is InChI=1S/C9H8N6O4S/c1-13-7(10-4-8(13)15(18)19)5-20-9-11-2-6(3-12-9)14(16)17/h2-4H,5H2,1H3. The predicted octanol–water partition coefficient (Wildman–Crippen LogP) is 1.32. The summed E-state index contributed by atoms with van der Waals surface area (Å²) in [6, 6.07) is 0. The average Bonchev–Trinajstić information content (AvgIpc) is 2.78. The third-order valence-corrected chi connectivity index (χ3v) is 3.27. The molecule has 0 amide bonds. The van der Waals surface area contributed by atoms with E-state index in [2.05, 4.69) is 15.0 Å².